The van der Waals surface area contributed by atoms with Gasteiger partial charge in [-0.3, -0.25) is 4.98 Å². The molecule has 2 aliphatic carbocycles. The Kier molecular flexibility index (Phi) is 4.74. The van der Waals surface area contributed by atoms with E-state index in [1.165, 1.54) is 12.8 Å². The molecule has 4 aliphatic rings. The first-order valence-corrected chi connectivity index (χ1v) is 11.2. The van der Waals surface area contributed by atoms with Crippen molar-refractivity contribution < 1.29 is 19.0 Å². The number of nitrogens with zero attached hydrogens (tertiary/aromatic N) is 1. The van der Waals surface area contributed by atoms with E-state index in [9.17, 15) is 4.79 Å². The van der Waals surface area contributed by atoms with Gasteiger partial charge in [-0.25, -0.2) is 4.79 Å². The summed E-state index contributed by atoms with van der Waals surface area (Å²) in [4.78, 5) is 17.1. The number of pyridine rings is 1. The van der Waals surface area contributed by atoms with E-state index in [1.807, 2.05) is 19.1 Å². The van der Waals surface area contributed by atoms with Crippen molar-refractivity contribution in [1.29, 1.82) is 0 Å². The number of urea groups is 1. The van der Waals surface area contributed by atoms with E-state index in [0.29, 0.717) is 19.1 Å². The Morgan fingerprint density at radius 1 is 1.20 bits per heavy atom. The molecule has 2 bridgehead atoms. The number of nitrogens with one attached hydrogen (secondary N) is 2. The van der Waals surface area contributed by atoms with Crippen LogP contribution in [0.5, 0.6) is 5.75 Å². The lowest BCUT2D eigenvalue weighted by Gasteiger charge is -2.39. The molecular formula is C23H33N3O4. The number of hydrogen-bond acceptors (Lipinski definition) is 5. The number of amides is 2. The molecule has 2 saturated heterocycles. The lowest BCUT2D eigenvalue weighted by atomic mass is 9.69. The fraction of sp³-hybridized carbons (Fsp3) is 0.739. The number of aromatic nitrogens is 1. The Labute approximate surface area is 178 Å². The molecule has 0 aromatic carbocycles. The minimum absolute atomic E-state index is 0.116. The molecule has 5 rings (SSSR count). The van der Waals surface area contributed by atoms with Crippen molar-refractivity contribution in [2.75, 3.05) is 13.2 Å². The van der Waals surface area contributed by atoms with Gasteiger partial charge in [0.15, 0.2) is 6.10 Å². The molecule has 0 spiro atoms. The summed E-state index contributed by atoms with van der Waals surface area (Å²) >= 11 is 0. The molecule has 7 heteroatoms. The van der Waals surface area contributed by atoms with Crippen LogP contribution >= 0.6 is 0 Å². The maximum atomic E-state index is 12.8. The standard InChI is InChI=1S/C23H33N3O4/c1-13-16(6-5-9-24-13)30-17-12-29-19-15(11-28-20(17)19)25-21(27)26-18-10-14-7-8-23(18,4)22(14,2)3/h5-6,9,14-15,17-20H,7-8,10-12H2,1-4H3,(H2,25,26,27)/t14-,15?,17+,18?,19+,20?,23+/m1/s1. The molecule has 3 heterocycles. The highest BCUT2D eigenvalue weighted by Crippen LogP contribution is 2.65. The van der Waals surface area contributed by atoms with Gasteiger partial charge in [-0.2, -0.15) is 0 Å². The third-order valence-corrected chi connectivity index (χ3v) is 8.66. The Morgan fingerprint density at radius 2 is 2.00 bits per heavy atom. The number of hydrogen-bond donors (Lipinski definition) is 2. The van der Waals surface area contributed by atoms with Crippen molar-refractivity contribution >= 4 is 6.03 Å². The summed E-state index contributed by atoms with van der Waals surface area (Å²) in [5.74, 6) is 1.44. The summed E-state index contributed by atoms with van der Waals surface area (Å²) in [6.45, 7) is 9.85. The van der Waals surface area contributed by atoms with Crippen molar-refractivity contribution in [3.8, 4) is 5.75 Å². The summed E-state index contributed by atoms with van der Waals surface area (Å²) in [6.07, 6.45) is 4.70. The molecule has 7 nitrogen and oxygen atoms in total. The van der Waals surface area contributed by atoms with Crippen LogP contribution in [0, 0.1) is 23.7 Å². The third-order valence-electron chi connectivity index (χ3n) is 8.66. The van der Waals surface area contributed by atoms with Crippen LogP contribution < -0.4 is 15.4 Å². The van der Waals surface area contributed by atoms with E-state index < -0.39 is 0 Å². The first kappa shape index (κ1) is 20.1. The average Bonchev–Trinajstić information content (AvgIpc) is 3.38. The molecule has 7 atom stereocenters. The second kappa shape index (κ2) is 7.09. The topological polar surface area (TPSA) is 81.7 Å². The molecule has 0 radical (unpaired) electrons. The summed E-state index contributed by atoms with van der Waals surface area (Å²) in [7, 11) is 0. The summed E-state index contributed by atoms with van der Waals surface area (Å²) < 4.78 is 18.1. The monoisotopic (exact) mass is 415 g/mol. The molecule has 30 heavy (non-hydrogen) atoms. The van der Waals surface area contributed by atoms with Gasteiger partial charge in [0.05, 0.1) is 24.9 Å². The van der Waals surface area contributed by atoms with Gasteiger partial charge in [-0.05, 0) is 55.1 Å². The number of rotatable bonds is 4. The van der Waals surface area contributed by atoms with Crippen molar-refractivity contribution in [3.05, 3.63) is 24.0 Å². The van der Waals surface area contributed by atoms with E-state index >= 15 is 0 Å². The minimum Gasteiger partial charge on any atom is -0.483 e. The van der Waals surface area contributed by atoms with Crippen molar-refractivity contribution in [1.82, 2.24) is 15.6 Å². The van der Waals surface area contributed by atoms with E-state index in [1.54, 1.807) is 6.20 Å². The van der Waals surface area contributed by atoms with E-state index in [0.717, 1.165) is 17.9 Å². The summed E-state index contributed by atoms with van der Waals surface area (Å²) in [6, 6.07) is 3.70. The first-order chi connectivity index (χ1) is 14.3. The fourth-order valence-electron chi connectivity index (χ4n) is 6.24. The van der Waals surface area contributed by atoms with E-state index in [4.69, 9.17) is 14.2 Å². The normalized spacial score (nSPS) is 40.9. The van der Waals surface area contributed by atoms with E-state index in [2.05, 4.69) is 36.4 Å². The molecule has 2 aliphatic heterocycles. The Balaban J connectivity index is 1.18. The zero-order chi connectivity index (χ0) is 21.1. The molecule has 2 amide bonds. The molecule has 1 aromatic heterocycles. The van der Waals surface area contributed by atoms with Crippen LogP contribution in [0.4, 0.5) is 4.79 Å². The van der Waals surface area contributed by atoms with Crippen molar-refractivity contribution in [2.45, 2.75) is 77.4 Å². The minimum atomic E-state index is -0.196. The van der Waals surface area contributed by atoms with Gasteiger partial charge in [0.25, 0.3) is 0 Å². The SMILES string of the molecule is Cc1ncccc1O[C@H]1CO[C@H]2C(NC(=O)NC3C[C@H]4CC[C@]3(C)C4(C)C)COC21. The molecule has 2 N–H and O–H groups in total. The Morgan fingerprint density at radius 3 is 2.70 bits per heavy atom. The average molecular weight is 416 g/mol. The number of fused-ring (bicyclic) bond motifs is 3. The predicted molar refractivity (Wildman–Crippen MR) is 111 cm³/mol. The van der Waals surface area contributed by atoms with Gasteiger partial charge in [0, 0.05) is 12.2 Å². The highest BCUT2D eigenvalue weighted by Gasteiger charge is 2.61. The van der Waals surface area contributed by atoms with Crippen molar-refractivity contribution in [2.24, 2.45) is 16.7 Å². The summed E-state index contributed by atoms with van der Waals surface area (Å²) in [5.41, 5.74) is 1.28. The molecular weight excluding hydrogens is 382 g/mol. The van der Waals surface area contributed by atoms with Gasteiger partial charge in [0.2, 0.25) is 0 Å². The number of carbonyl (C=O) groups excluding carboxylic acids is 1. The van der Waals surface area contributed by atoms with Crippen LogP contribution in [0.1, 0.15) is 45.7 Å². The van der Waals surface area contributed by atoms with E-state index in [-0.39, 0.29) is 47.3 Å². The smallest absolute Gasteiger partial charge is 0.315 e. The molecule has 3 unspecified atom stereocenters. The zero-order valence-electron chi connectivity index (χ0n) is 18.3. The van der Waals surface area contributed by atoms with Crippen LogP contribution in [0.2, 0.25) is 0 Å². The van der Waals surface area contributed by atoms with Crippen molar-refractivity contribution in [3.63, 3.8) is 0 Å². The maximum absolute atomic E-state index is 12.8. The number of carbonyl (C=O) groups is 1. The number of aryl methyl sites for hydroxylation is 1. The van der Waals surface area contributed by atoms with Gasteiger partial charge < -0.3 is 24.8 Å². The first-order valence-electron chi connectivity index (χ1n) is 11.2. The fourth-order valence-corrected chi connectivity index (χ4v) is 6.24. The highest BCUT2D eigenvalue weighted by molar-refractivity contribution is 5.75. The maximum Gasteiger partial charge on any atom is 0.315 e. The van der Waals surface area contributed by atoms with Crippen LogP contribution in [0.15, 0.2) is 18.3 Å². The van der Waals surface area contributed by atoms with Gasteiger partial charge in [-0.1, -0.05) is 20.8 Å². The van der Waals surface area contributed by atoms with Crippen LogP contribution in [-0.4, -0.2) is 54.6 Å². The molecule has 164 valence electrons. The third kappa shape index (κ3) is 3.01. The largest absolute Gasteiger partial charge is 0.483 e. The highest BCUT2D eigenvalue weighted by atomic mass is 16.6. The van der Waals surface area contributed by atoms with Crippen LogP contribution in [-0.2, 0) is 9.47 Å². The summed E-state index contributed by atoms with van der Waals surface area (Å²) in [5, 5.41) is 6.38. The molecule has 4 fully saturated rings. The quantitative estimate of drug-likeness (QED) is 0.790. The van der Waals surface area contributed by atoms with Gasteiger partial charge in [-0.15, -0.1) is 0 Å². The van der Waals surface area contributed by atoms with Gasteiger partial charge in [0.1, 0.15) is 18.0 Å². The Hall–Kier alpha value is -1.86. The zero-order valence-corrected chi connectivity index (χ0v) is 18.3. The van der Waals surface area contributed by atoms with Crippen LogP contribution in [0.25, 0.3) is 0 Å². The lowest BCUT2D eigenvalue weighted by Crippen LogP contribution is -2.54. The predicted octanol–water partition coefficient (Wildman–Crippen LogP) is 2.82. The lowest BCUT2D eigenvalue weighted by molar-refractivity contribution is 0.0299. The van der Waals surface area contributed by atoms with Gasteiger partial charge >= 0.3 is 6.03 Å². The van der Waals surface area contributed by atoms with Crippen LogP contribution in [0.3, 0.4) is 0 Å². The number of ether oxygens (including phenoxy) is 3. The Bertz CT molecular complexity index is 830. The second-order valence-electron chi connectivity index (χ2n) is 10.2. The second-order valence-corrected chi connectivity index (χ2v) is 10.2. The molecule has 2 saturated carbocycles. The molecule has 1 aromatic rings.